The molecule has 4 N–H and O–H groups in total. The first-order chi connectivity index (χ1) is 10.7. The van der Waals surface area contributed by atoms with E-state index in [0.717, 1.165) is 32.2 Å². The number of nitrogens with zero attached hydrogens (tertiary/aromatic N) is 1. The maximum atomic E-state index is 12.2. The molecule has 2 aliphatic rings. The number of likely N-dealkylation sites (tertiary alicyclic amines) is 1. The second-order valence-corrected chi connectivity index (χ2v) is 6.56. The van der Waals surface area contributed by atoms with Crippen LogP contribution in [0.5, 0.6) is 0 Å². The number of nitrogens with two attached hydrogens (primary N) is 1. The summed E-state index contributed by atoms with van der Waals surface area (Å²) in [5, 5.41) is 6.00. The van der Waals surface area contributed by atoms with Crippen molar-refractivity contribution in [2.24, 2.45) is 11.7 Å². The summed E-state index contributed by atoms with van der Waals surface area (Å²) in [7, 11) is 0. The van der Waals surface area contributed by atoms with Gasteiger partial charge in [0.05, 0.1) is 12.5 Å². The lowest BCUT2D eigenvalue weighted by Crippen LogP contribution is -2.48. The predicted octanol–water partition coefficient (Wildman–Crippen LogP) is 0.644. The molecule has 0 aromatic carbocycles. The van der Waals surface area contributed by atoms with Crippen LogP contribution in [0.4, 0.5) is 0 Å². The van der Waals surface area contributed by atoms with Gasteiger partial charge in [0.15, 0.2) is 0 Å². The normalized spacial score (nSPS) is 22.9. The fraction of sp³-hybridized carbons (Fsp3) is 0.875. The summed E-state index contributed by atoms with van der Waals surface area (Å²) in [6.45, 7) is 2.98. The van der Waals surface area contributed by atoms with Gasteiger partial charge in [0.2, 0.25) is 11.8 Å². The average Bonchev–Trinajstić information content (AvgIpc) is 2.53. The molecule has 1 saturated carbocycles. The van der Waals surface area contributed by atoms with Gasteiger partial charge < -0.3 is 16.4 Å². The molecule has 2 amide bonds. The largest absolute Gasteiger partial charge is 0.355 e. The molecule has 2 fully saturated rings. The molecule has 1 saturated heterocycles. The van der Waals surface area contributed by atoms with Crippen LogP contribution in [-0.4, -0.2) is 55.5 Å². The van der Waals surface area contributed by atoms with Crippen LogP contribution in [0.1, 0.15) is 44.9 Å². The summed E-state index contributed by atoms with van der Waals surface area (Å²) < 4.78 is 0. The number of halogens is 1. The maximum absolute atomic E-state index is 12.2. The van der Waals surface area contributed by atoms with Crippen molar-refractivity contribution in [1.29, 1.82) is 0 Å². The summed E-state index contributed by atoms with van der Waals surface area (Å²) in [6.07, 6.45) is 7.81. The van der Waals surface area contributed by atoms with Crippen LogP contribution in [0.25, 0.3) is 0 Å². The van der Waals surface area contributed by atoms with Crippen LogP contribution in [0, 0.1) is 5.92 Å². The van der Waals surface area contributed by atoms with Crippen LogP contribution >= 0.6 is 12.4 Å². The molecule has 0 spiro atoms. The van der Waals surface area contributed by atoms with E-state index in [0.29, 0.717) is 32.2 Å². The Kier molecular flexibility index (Phi) is 9.52. The molecule has 0 bridgehead atoms. The molecule has 134 valence electrons. The minimum Gasteiger partial charge on any atom is -0.355 e. The van der Waals surface area contributed by atoms with E-state index in [1.54, 1.807) is 0 Å². The highest BCUT2D eigenvalue weighted by atomic mass is 35.5. The van der Waals surface area contributed by atoms with Gasteiger partial charge >= 0.3 is 0 Å². The van der Waals surface area contributed by atoms with E-state index in [2.05, 4.69) is 15.5 Å². The zero-order valence-corrected chi connectivity index (χ0v) is 14.7. The van der Waals surface area contributed by atoms with Crippen molar-refractivity contribution in [3.8, 4) is 0 Å². The Hall–Kier alpha value is -0.850. The van der Waals surface area contributed by atoms with Crippen LogP contribution in [0.3, 0.4) is 0 Å². The lowest BCUT2D eigenvalue weighted by molar-refractivity contribution is -0.129. The van der Waals surface area contributed by atoms with E-state index < -0.39 is 0 Å². The van der Waals surface area contributed by atoms with Crippen LogP contribution in [0.15, 0.2) is 0 Å². The first kappa shape index (κ1) is 20.2. The molecule has 6 nitrogen and oxygen atoms in total. The zero-order valence-electron chi connectivity index (χ0n) is 13.9. The van der Waals surface area contributed by atoms with Gasteiger partial charge in [-0.25, -0.2) is 0 Å². The number of hydrogen-bond donors (Lipinski definition) is 3. The van der Waals surface area contributed by atoms with Crippen LogP contribution in [0.2, 0.25) is 0 Å². The van der Waals surface area contributed by atoms with E-state index in [-0.39, 0.29) is 30.1 Å². The molecular formula is C16H31ClN4O2. The summed E-state index contributed by atoms with van der Waals surface area (Å²) in [5.41, 5.74) is 5.41. The zero-order chi connectivity index (χ0) is 15.8. The summed E-state index contributed by atoms with van der Waals surface area (Å²) >= 11 is 0. The van der Waals surface area contributed by atoms with Gasteiger partial charge in [-0.3, -0.25) is 14.5 Å². The number of piperidine rings is 1. The molecule has 7 heteroatoms. The quantitative estimate of drug-likeness (QED) is 0.658. The Labute approximate surface area is 145 Å². The molecule has 0 radical (unpaired) electrons. The molecule has 0 aromatic heterocycles. The minimum atomic E-state index is -0.0113. The van der Waals surface area contributed by atoms with E-state index >= 15 is 0 Å². The summed E-state index contributed by atoms with van der Waals surface area (Å²) in [4.78, 5) is 26.3. The van der Waals surface area contributed by atoms with Gasteiger partial charge in [0, 0.05) is 25.7 Å². The Morgan fingerprint density at radius 1 is 1.09 bits per heavy atom. The highest BCUT2D eigenvalue weighted by molar-refractivity contribution is 5.85. The number of carbonyl (C=O) groups excluding carboxylic acids is 2. The molecule has 1 unspecified atom stereocenters. The first-order valence-corrected chi connectivity index (χ1v) is 8.68. The maximum Gasteiger partial charge on any atom is 0.234 e. The Balaban J connectivity index is 0.00000264. The third kappa shape index (κ3) is 7.06. The second kappa shape index (κ2) is 10.8. The fourth-order valence-corrected chi connectivity index (χ4v) is 3.48. The number of hydrogen-bond acceptors (Lipinski definition) is 4. The number of amides is 2. The number of carbonyl (C=O) groups is 2. The Morgan fingerprint density at radius 2 is 1.83 bits per heavy atom. The van der Waals surface area contributed by atoms with Crippen LogP contribution < -0.4 is 16.4 Å². The van der Waals surface area contributed by atoms with E-state index in [1.165, 1.54) is 19.3 Å². The molecule has 0 aromatic rings. The third-order valence-electron chi connectivity index (χ3n) is 4.66. The van der Waals surface area contributed by atoms with E-state index in [1.807, 2.05) is 0 Å². The summed E-state index contributed by atoms with van der Waals surface area (Å²) in [6, 6.07) is 0.356. The number of rotatable bonds is 6. The SMILES string of the molecule is Cl.NCCNC(=O)C1CCCN(CC(=O)NC2CCCCC2)C1. The highest BCUT2D eigenvalue weighted by Crippen LogP contribution is 2.18. The molecule has 1 aliphatic carbocycles. The van der Waals surface area contributed by atoms with Crippen molar-refractivity contribution in [2.75, 3.05) is 32.7 Å². The van der Waals surface area contributed by atoms with Crippen molar-refractivity contribution in [3.05, 3.63) is 0 Å². The van der Waals surface area contributed by atoms with Gasteiger partial charge in [-0.1, -0.05) is 19.3 Å². The second-order valence-electron chi connectivity index (χ2n) is 6.56. The smallest absolute Gasteiger partial charge is 0.234 e. The van der Waals surface area contributed by atoms with Gasteiger partial charge in [-0.05, 0) is 32.2 Å². The van der Waals surface area contributed by atoms with Gasteiger partial charge in [-0.15, -0.1) is 12.4 Å². The highest BCUT2D eigenvalue weighted by Gasteiger charge is 2.27. The monoisotopic (exact) mass is 346 g/mol. The Morgan fingerprint density at radius 3 is 2.52 bits per heavy atom. The van der Waals surface area contributed by atoms with E-state index in [4.69, 9.17) is 5.73 Å². The van der Waals surface area contributed by atoms with Gasteiger partial charge in [0.1, 0.15) is 0 Å². The molecule has 1 atom stereocenters. The van der Waals surface area contributed by atoms with Crippen LogP contribution in [-0.2, 0) is 9.59 Å². The minimum absolute atomic E-state index is 0. The fourth-order valence-electron chi connectivity index (χ4n) is 3.48. The summed E-state index contributed by atoms with van der Waals surface area (Å²) in [5.74, 6) is 0.167. The average molecular weight is 347 g/mol. The van der Waals surface area contributed by atoms with Crippen molar-refractivity contribution in [3.63, 3.8) is 0 Å². The molecule has 23 heavy (non-hydrogen) atoms. The van der Waals surface area contributed by atoms with Gasteiger partial charge in [-0.2, -0.15) is 0 Å². The molecule has 1 heterocycles. The topological polar surface area (TPSA) is 87.5 Å². The first-order valence-electron chi connectivity index (χ1n) is 8.68. The van der Waals surface area contributed by atoms with Crippen molar-refractivity contribution in [2.45, 2.75) is 51.0 Å². The van der Waals surface area contributed by atoms with E-state index in [9.17, 15) is 9.59 Å². The van der Waals surface area contributed by atoms with Crippen molar-refractivity contribution >= 4 is 24.2 Å². The van der Waals surface area contributed by atoms with Crippen molar-refractivity contribution in [1.82, 2.24) is 15.5 Å². The standard InChI is InChI=1S/C16H30N4O2.ClH/c17-8-9-18-16(22)13-5-4-10-20(11-13)12-15(21)19-14-6-2-1-3-7-14;/h13-14H,1-12,17H2,(H,18,22)(H,19,21);1H. The lowest BCUT2D eigenvalue weighted by atomic mass is 9.95. The Bertz CT molecular complexity index is 375. The lowest BCUT2D eigenvalue weighted by Gasteiger charge is -2.32. The third-order valence-corrected chi connectivity index (χ3v) is 4.66. The number of nitrogens with one attached hydrogen (secondary N) is 2. The molecule has 2 rings (SSSR count). The van der Waals surface area contributed by atoms with Crippen molar-refractivity contribution < 1.29 is 9.59 Å². The predicted molar refractivity (Wildman–Crippen MR) is 93.5 cm³/mol. The van der Waals surface area contributed by atoms with Gasteiger partial charge in [0.25, 0.3) is 0 Å². The molecule has 1 aliphatic heterocycles. The molecular weight excluding hydrogens is 316 g/mol.